The summed E-state index contributed by atoms with van der Waals surface area (Å²) in [7, 11) is 0. The van der Waals surface area contributed by atoms with E-state index in [0.717, 1.165) is 53.6 Å². The molecule has 0 N–H and O–H groups in total. The molecule has 2 heterocycles. The van der Waals surface area contributed by atoms with Crippen LogP contribution in [0.2, 0.25) is 0 Å². The fourth-order valence-electron chi connectivity index (χ4n) is 3.98. The smallest absolute Gasteiger partial charge is 0.180 e. The molecule has 0 aliphatic carbocycles. The standard InChI is InChI=1S/C27H25N3O2S/c31-25(20-9-3-1-4-10-20)26(21-11-5-2-6-12-21)33-27-22-13-7-8-14-23(22)28-24(29-27)19-30-15-17-32-18-16-30/h1-14,26H,15-19H2/t26-/m0/s1. The molecule has 1 aliphatic rings. The molecule has 5 rings (SSSR count). The number of hydrogen-bond donors (Lipinski definition) is 0. The molecular formula is C27H25N3O2S. The maximum Gasteiger partial charge on any atom is 0.180 e. The van der Waals surface area contributed by atoms with Gasteiger partial charge in [0.25, 0.3) is 0 Å². The maximum absolute atomic E-state index is 13.6. The third kappa shape index (κ3) is 5.14. The average molecular weight is 456 g/mol. The quantitative estimate of drug-likeness (QED) is 0.217. The Balaban J connectivity index is 1.53. The number of para-hydroxylation sites is 1. The summed E-state index contributed by atoms with van der Waals surface area (Å²) in [5.41, 5.74) is 2.57. The van der Waals surface area contributed by atoms with E-state index < -0.39 is 5.25 Å². The van der Waals surface area contributed by atoms with Crippen molar-refractivity contribution in [3.8, 4) is 0 Å². The van der Waals surface area contributed by atoms with Gasteiger partial charge in [0, 0.05) is 24.0 Å². The molecule has 1 fully saturated rings. The molecular weight excluding hydrogens is 430 g/mol. The van der Waals surface area contributed by atoms with Crippen molar-refractivity contribution in [1.29, 1.82) is 0 Å². The summed E-state index contributed by atoms with van der Waals surface area (Å²) >= 11 is 1.51. The minimum atomic E-state index is -0.400. The maximum atomic E-state index is 13.6. The molecule has 6 heteroatoms. The summed E-state index contributed by atoms with van der Waals surface area (Å²) in [5, 5.41) is 1.40. The van der Waals surface area contributed by atoms with Gasteiger partial charge in [0.1, 0.15) is 10.9 Å². The lowest BCUT2D eigenvalue weighted by Gasteiger charge is -2.26. The van der Waals surface area contributed by atoms with Gasteiger partial charge in [-0.3, -0.25) is 9.69 Å². The van der Waals surface area contributed by atoms with Crippen LogP contribution in [0, 0.1) is 0 Å². The van der Waals surface area contributed by atoms with Crippen molar-refractivity contribution in [3.63, 3.8) is 0 Å². The lowest BCUT2D eigenvalue weighted by Crippen LogP contribution is -2.36. The Bertz CT molecular complexity index is 1230. The highest BCUT2D eigenvalue weighted by molar-refractivity contribution is 8.00. The van der Waals surface area contributed by atoms with Crippen molar-refractivity contribution >= 4 is 28.4 Å². The minimum Gasteiger partial charge on any atom is -0.379 e. The first-order chi connectivity index (χ1) is 16.3. The second kappa shape index (κ2) is 10.3. The topological polar surface area (TPSA) is 55.3 Å². The van der Waals surface area contributed by atoms with Gasteiger partial charge in [0.05, 0.1) is 30.5 Å². The van der Waals surface area contributed by atoms with Crippen LogP contribution in [-0.4, -0.2) is 47.0 Å². The summed E-state index contributed by atoms with van der Waals surface area (Å²) in [6, 6.07) is 27.5. The molecule has 33 heavy (non-hydrogen) atoms. The number of Topliss-reactive ketones (excluding diaryl/α,β-unsaturated/α-hetero) is 1. The molecule has 0 unspecified atom stereocenters. The van der Waals surface area contributed by atoms with Crippen LogP contribution in [0.3, 0.4) is 0 Å². The third-order valence-corrected chi connectivity index (χ3v) is 6.97. The Hall–Kier alpha value is -3.06. The SMILES string of the molecule is O=C(c1ccccc1)[C@@H](Sc1nc(CN2CCOCC2)nc2ccccc12)c1ccccc1. The number of carbonyl (C=O) groups is 1. The Kier molecular flexibility index (Phi) is 6.76. The van der Waals surface area contributed by atoms with E-state index in [2.05, 4.69) is 4.90 Å². The van der Waals surface area contributed by atoms with Gasteiger partial charge in [-0.1, -0.05) is 90.6 Å². The minimum absolute atomic E-state index is 0.0734. The number of hydrogen-bond acceptors (Lipinski definition) is 6. The van der Waals surface area contributed by atoms with E-state index in [-0.39, 0.29) is 5.78 Å². The van der Waals surface area contributed by atoms with Crippen molar-refractivity contribution in [2.75, 3.05) is 26.3 Å². The van der Waals surface area contributed by atoms with Crippen LogP contribution >= 0.6 is 11.8 Å². The van der Waals surface area contributed by atoms with E-state index in [1.807, 2.05) is 84.9 Å². The zero-order valence-electron chi connectivity index (χ0n) is 18.3. The number of benzene rings is 3. The number of thioether (sulfide) groups is 1. The summed E-state index contributed by atoms with van der Waals surface area (Å²) in [6.07, 6.45) is 0. The summed E-state index contributed by atoms with van der Waals surface area (Å²) in [4.78, 5) is 25.7. The molecule has 3 aromatic carbocycles. The Morgan fingerprint density at radius 2 is 1.55 bits per heavy atom. The number of aromatic nitrogens is 2. The van der Waals surface area contributed by atoms with Crippen LogP contribution in [-0.2, 0) is 11.3 Å². The van der Waals surface area contributed by atoms with Gasteiger partial charge in [-0.05, 0) is 11.6 Å². The predicted molar refractivity (Wildman–Crippen MR) is 131 cm³/mol. The lowest BCUT2D eigenvalue weighted by molar-refractivity contribution is 0.0330. The van der Waals surface area contributed by atoms with Gasteiger partial charge in [-0.25, -0.2) is 9.97 Å². The highest BCUT2D eigenvalue weighted by atomic mass is 32.2. The zero-order valence-corrected chi connectivity index (χ0v) is 19.1. The van der Waals surface area contributed by atoms with E-state index in [1.54, 1.807) is 0 Å². The number of carbonyl (C=O) groups excluding carboxylic acids is 1. The van der Waals surface area contributed by atoms with Crippen LogP contribution < -0.4 is 0 Å². The second-order valence-electron chi connectivity index (χ2n) is 7.99. The molecule has 0 amide bonds. The largest absolute Gasteiger partial charge is 0.379 e. The highest BCUT2D eigenvalue weighted by Crippen LogP contribution is 2.39. The molecule has 0 spiro atoms. The molecule has 4 aromatic rings. The van der Waals surface area contributed by atoms with Crippen LogP contribution in [0.15, 0.2) is 90.0 Å². The number of morpholine rings is 1. The average Bonchev–Trinajstić information content (AvgIpc) is 2.88. The second-order valence-corrected chi connectivity index (χ2v) is 9.08. The molecule has 1 aromatic heterocycles. The van der Waals surface area contributed by atoms with Crippen molar-refractivity contribution < 1.29 is 9.53 Å². The van der Waals surface area contributed by atoms with Gasteiger partial charge >= 0.3 is 0 Å². The van der Waals surface area contributed by atoms with Crippen molar-refractivity contribution in [2.24, 2.45) is 0 Å². The van der Waals surface area contributed by atoms with E-state index in [0.29, 0.717) is 12.1 Å². The van der Waals surface area contributed by atoms with Crippen molar-refractivity contribution in [2.45, 2.75) is 16.8 Å². The van der Waals surface area contributed by atoms with Crippen LogP contribution in [0.5, 0.6) is 0 Å². The summed E-state index contributed by atoms with van der Waals surface area (Å²) < 4.78 is 5.48. The number of ketones is 1. The van der Waals surface area contributed by atoms with E-state index in [1.165, 1.54) is 11.8 Å². The van der Waals surface area contributed by atoms with Gasteiger partial charge in [-0.15, -0.1) is 0 Å². The zero-order chi connectivity index (χ0) is 22.5. The summed E-state index contributed by atoms with van der Waals surface area (Å²) in [5.74, 6) is 0.848. The Morgan fingerprint density at radius 3 is 2.30 bits per heavy atom. The van der Waals surface area contributed by atoms with Crippen molar-refractivity contribution in [1.82, 2.24) is 14.9 Å². The highest BCUT2D eigenvalue weighted by Gasteiger charge is 2.25. The first-order valence-corrected chi connectivity index (χ1v) is 12.0. The Morgan fingerprint density at radius 1 is 0.879 bits per heavy atom. The van der Waals surface area contributed by atoms with Gasteiger partial charge in [0.15, 0.2) is 5.78 Å². The molecule has 166 valence electrons. The number of rotatable bonds is 7. The predicted octanol–water partition coefficient (Wildman–Crippen LogP) is 5.18. The van der Waals surface area contributed by atoms with Gasteiger partial charge in [0.2, 0.25) is 0 Å². The Labute approximate surface area is 197 Å². The van der Waals surface area contributed by atoms with Gasteiger partial charge in [-0.2, -0.15) is 0 Å². The van der Waals surface area contributed by atoms with E-state index in [9.17, 15) is 4.79 Å². The van der Waals surface area contributed by atoms with Crippen molar-refractivity contribution in [3.05, 3.63) is 102 Å². The van der Waals surface area contributed by atoms with Crippen LogP contribution in [0.25, 0.3) is 10.9 Å². The normalized spacial score (nSPS) is 15.4. The summed E-state index contributed by atoms with van der Waals surface area (Å²) in [6.45, 7) is 3.88. The van der Waals surface area contributed by atoms with Gasteiger partial charge < -0.3 is 4.74 Å². The molecule has 1 atom stereocenters. The van der Waals surface area contributed by atoms with Crippen LogP contribution in [0.4, 0.5) is 0 Å². The number of nitrogens with zero attached hydrogens (tertiary/aromatic N) is 3. The number of ether oxygens (including phenoxy) is 1. The van der Waals surface area contributed by atoms with Crippen LogP contribution in [0.1, 0.15) is 27.0 Å². The monoisotopic (exact) mass is 455 g/mol. The molecule has 5 nitrogen and oxygen atoms in total. The molecule has 0 bridgehead atoms. The molecule has 0 saturated carbocycles. The molecule has 1 aliphatic heterocycles. The fourth-order valence-corrected chi connectivity index (χ4v) is 5.20. The molecule has 1 saturated heterocycles. The fraction of sp³-hybridized carbons (Fsp3) is 0.222. The molecule has 0 radical (unpaired) electrons. The van der Waals surface area contributed by atoms with E-state index >= 15 is 0 Å². The number of fused-ring (bicyclic) bond motifs is 1. The first-order valence-electron chi connectivity index (χ1n) is 11.1. The third-order valence-electron chi connectivity index (χ3n) is 5.71. The van der Waals surface area contributed by atoms with E-state index in [4.69, 9.17) is 14.7 Å². The lowest BCUT2D eigenvalue weighted by atomic mass is 10.0. The first kappa shape index (κ1) is 21.8.